The van der Waals surface area contributed by atoms with Crippen LogP contribution in [0.2, 0.25) is 0 Å². The molecule has 2 aromatic rings. The van der Waals surface area contributed by atoms with E-state index >= 15 is 0 Å². The molecule has 2 aromatic carbocycles. The molecule has 1 N–H and O–H groups in total. The number of nitrogens with one attached hydrogen (secondary N) is 1. The van der Waals surface area contributed by atoms with Crippen molar-refractivity contribution in [2.24, 2.45) is 5.92 Å². The molecular weight excluding hydrogens is 338 g/mol. The quantitative estimate of drug-likeness (QED) is 0.238. The molecule has 0 aliphatic carbocycles. The molecule has 0 aliphatic heterocycles. The summed E-state index contributed by atoms with van der Waals surface area (Å²) in [6.45, 7) is 6.01. The van der Waals surface area contributed by atoms with Gasteiger partial charge in [-0.1, -0.05) is 80.7 Å². The van der Waals surface area contributed by atoms with E-state index in [1.165, 1.54) is 10.8 Å². The summed E-state index contributed by atoms with van der Waals surface area (Å²) < 4.78 is 5.96. The predicted molar refractivity (Wildman–Crippen MR) is 117 cm³/mol. The Morgan fingerprint density at radius 1 is 1.08 bits per heavy atom. The minimum atomic E-state index is 0.605. The fourth-order valence-corrected chi connectivity index (χ4v) is 2.71. The fraction of sp³-hybridized carbons (Fsp3) is 0.348. The van der Waals surface area contributed by atoms with E-state index in [1.807, 2.05) is 24.3 Å². The van der Waals surface area contributed by atoms with Gasteiger partial charge in [0.05, 0.1) is 11.6 Å². The van der Waals surface area contributed by atoms with Crippen LogP contribution in [0.15, 0.2) is 66.8 Å². The topological polar surface area (TPSA) is 21.3 Å². The third kappa shape index (κ3) is 7.40. The number of ether oxygens (including phenoxy) is 1. The molecule has 0 heterocycles. The zero-order valence-corrected chi connectivity index (χ0v) is 16.6. The van der Waals surface area contributed by atoms with Crippen molar-refractivity contribution in [3.05, 3.63) is 66.8 Å². The molecule has 0 spiro atoms. The molecule has 0 fully saturated rings. The zero-order chi connectivity index (χ0) is 18.6. The normalized spacial score (nSPS) is 11.7. The Labute approximate surface area is 163 Å². The Morgan fingerprint density at radius 2 is 1.88 bits per heavy atom. The summed E-state index contributed by atoms with van der Waals surface area (Å²) in [5.41, 5.74) is 0. The Kier molecular flexibility index (Phi) is 8.91. The second kappa shape index (κ2) is 11.5. The molecule has 138 valence electrons. The molecular formula is C23H29NOS. The van der Waals surface area contributed by atoms with Crippen molar-refractivity contribution < 1.29 is 4.74 Å². The van der Waals surface area contributed by atoms with Crippen molar-refractivity contribution in [2.75, 3.05) is 13.2 Å². The molecule has 0 radical (unpaired) electrons. The lowest BCUT2D eigenvalue weighted by Crippen LogP contribution is -2.23. The van der Waals surface area contributed by atoms with Gasteiger partial charge in [0.2, 0.25) is 0 Å². The predicted octanol–water partition coefficient (Wildman–Crippen LogP) is 6.07. The molecule has 2 rings (SSSR count). The van der Waals surface area contributed by atoms with Gasteiger partial charge in [-0.25, -0.2) is 0 Å². The van der Waals surface area contributed by atoms with Gasteiger partial charge in [-0.3, -0.25) is 0 Å². The third-order valence-corrected chi connectivity index (χ3v) is 4.23. The molecule has 0 aliphatic rings. The van der Waals surface area contributed by atoms with Gasteiger partial charge in [0, 0.05) is 11.9 Å². The van der Waals surface area contributed by atoms with Crippen LogP contribution in [0.25, 0.3) is 10.8 Å². The van der Waals surface area contributed by atoms with E-state index in [4.69, 9.17) is 17.0 Å². The fourth-order valence-electron chi connectivity index (χ4n) is 2.55. The van der Waals surface area contributed by atoms with Crippen LogP contribution < -0.4 is 10.1 Å². The Balaban J connectivity index is 1.61. The van der Waals surface area contributed by atoms with Crippen LogP contribution in [0.4, 0.5) is 0 Å². The van der Waals surface area contributed by atoms with Crippen molar-refractivity contribution in [3.8, 4) is 5.75 Å². The number of unbranched alkanes of at least 4 members (excludes halogenated alkanes) is 2. The van der Waals surface area contributed by atoms with Crippen LogP contribution in [0.1, 0.15) is 33.1 Å². The van der Waals surface area contributed by atoms with Crippen LogP contribution >= 0.6 is 12.2 Å². The maximum Gasteiger partial charge on any atom is 0.127 e. The Morgan fingerprint density at radius 3 is 2.73 bits per heavy atom. The molecule has 0 bridgehead atoms. The highest BCUT2D eigenvalue weighted by Crippen LogP contribution is 2.25. The van der Waals surface area contributed by atoms with Gasteiger partial charge >= 0.3 is 0 Å². The summed E-state index contributed by atoms with van der Waals surface area (Å²) in [5.74, 6) is 1.58. The zero-order valence-electron chi connectivity index (χ0n) is 15.8. The number of allylic oxidation sites excluding steroid dienone is 3. The van der Waals surface area contributed by atoms with E-state index in [0.29, 0.717) is 5.92 Å². The van der Waals surface area contributed by atoms with E-state index < -0.39 is 0 Å². The Bertz CT molecular complexity index is 743. The van der Waals surface area contributed by atoms with Gasteiger partial charge < -0.3 is 10.1 Å². The lowest BCUT2D eigenvalue weighted by atomic mass is 10.1. The first-order chi connectivity index (χ1) is 12.7. The van der Waals surface area contributed by atoms with Crippen molar-refractivity contribution in [3.63, 3.8) is 0 Å². The first kappa shape index (κ1) is 20.2. The summed E-state index contributed by atoms with van der Waals surface area (Å²) in [5, 5.41) is 5.63. The van der Waals surface area contributed by atoms with Crippen LogP contribution in [-0.2, 0) is 0 Å². The van der Waals surface area contributed by atoms with Crippen LogP contribution in [0, 0.1) is 5.92 Å². The number of hydrogen-bond donors (Lipinski definition) is 1. The van der Waals surface area contributed by atoms with Crippen molar-refractivity contribution in [2.45, 2.75) is 33.1 Å². The number of thiocarbonyl (C=S) groups is 1. The molecule has 0 saturated heterocycles. The Hall–Kier alpha value is -2.13. The second-order valence-electron chi connectivity index (χ2n) is 6.75. The molecule has 0 saturated carbocycles. The lowest BCUT2D eigenvalue weighted by molar-refractivity contribution is 0.311. The number of benzene rings is 2. The highest BCUT2D eigenvalue weighted by molar-refractivity contribution is 7.80. The van der Waals surface area contributed by atoms with Crippen LogP contribution in [0.5, 0.6) is 5.75 Å². The monoisotopic (exact) mass is 367 g/mol. The van der Waals surface area contributed by atoms with Gasteiger partial charge in [0.1, 0.15) is 5.75 Å². The van der Waals surface area contributed by atoms with E-state index in [9.17, 15) is 0 Å². The molecule has 3 heteroatoms. The molecule has 26 heavy (non-hydrogen) atoms. The van der Waals surface area contributed by atoms with E-state index in [1.54, 1.807) is 0 Å². The third-order valence-electron chi connectivity index (χ3n) is 3.95. The minimum absolute atomic E-state index is 0.605. The van der Waals surface area contributed by atoms with Crippen molar-refractivity contribution >= 4 is 28.0 Å². The molecule has 0 amide bonds. The summed E-state index contributed by atoms with van der Waals surface area (Å²) in [6.07, 6.45) is 11.4. The van der Waals surface area contributed by atoms with Gasteiger partial charge in [-0.2, -0.15) is 0 Å². The summed E-state index contributed by atoms with van der Waals surface area (Å²) in [6, 6.07) is 14.5. The second-order valence-corrected chi connectivity index (χ2v) is 7.19. The summed E-state index contributed by atoms with van der Waals surface area (Å²) in [4.78, 5) is 0.798. The maximum atomic E-state index is 5.96. The van der Waals surface area contributed by atoms with Crippen molar-refractivity contribution in [1.29, 1.82) is 0 Å². The standard InChI is InChI=1S/C23H29NOS/c1-19(2)18-24-23(26)16-7-5-3-4-6-10-17-25-22-15-11-13-20-12-8-9-14-21(20)22/h3,5,7-9,11-16,19H,4,6,10,17-18H2,1-2H3,(H,24,26). The number of fused-ring (bicyclic) bond motifs is 1. The van der Waals surface area contributed by atoms with Crippen LogP contribution in [-0.4, -0.2) is 18.1 Å². The van der Waals surface area contributed by atoms with Gasteiger partial charge in [0.25, 0.3) is 0 Å². The van der Waals surface area contributed by atoms with E-state index in [2.05, 4.69) is 61.6 Å². The van der Waals surface area contributed by atoms with Gasteiger partial charge in [-0.05, 0) is 42.7 Å². The number of hydrogen-bond acceptors (Lipinski definition) is 2. The van der Waals surface area contributed by atoms with Gasteiger partial charge in [0.15, 0.2) is 0 Å². The molecule has 2 nitrogen and oxygen atoms in total. The highest BCUT2D eigenvalue weighted by Gasteiger charge is 2.00. The van der Waals surface area contributed by atoms with E-state index in [0.717, 1.165) is 43.2 Å². The summed E-state index contributed by atoms with van der Waals surface area (Å²) >= 11 is 5.24. The SMILES string of the molecule is CC(C)CNC(=S)C=CC=CCCCCOc1cccc2ccccc12. The highest BCUT2D eigenvalue weighted by atomic mass is 32.1. The molecule has 0 aromatic heterocycles. The minimum Gasteiger partial charge on any atom is -0.493 e. The number of rotatable bonds is 10. The average molecular weight is 368 g/mol. The summed E-state index contributed by atoms with van der Waals surface area (Å²) in [7, 11) is 0. The average Bonchev–Trinajstić information content (AvgIpc) is 2.65. The van der Waals surface area contributed by atoms with Crippen molar-refractivity contribution in [1.82, 2.24) is 5.32 Å². The first-order valence-electron chi connectivity index (χ1n) is 9.38. The van der Waals surface area contributed by atoms with Gasteiger partial charge in [-0.15, -0.1) is 0 Å². The lowest BCUT2D eigenvalue weighted by Gasteiger charge is -2.08. The first-order valence-corrected chi connectivity index (χ1v) is 9.79. The maximum absolute atomic E-state index is 5.96. The molecule has 0 atom stereocenters. The van der Waals surface area contributed by atoms with E-state index in [-0.39, 0.29) is 0 Å². The molecule has 0 unspecified atom stereocenters. The van der Waals surface area contributed by atoms with Crippen LogP contribution in [0.3, 0.4) is 0 Å². The largest absolute Gasteiger partial charge is 0.493 e. The smallest absolute Gasteiger partial charge is 0.127 e.